The summed E-state index contributed by atoms with van der Waals surface area (Å²) in [7, 11) is 0. The Kier molecular flexibility index (Phi) is 3.11. The van der Waals surface area contributed by atoms with Gasteiger partial charge in [-0.2, -0.15) is 0 Å². The van der Waals surface area contributed by atoms with Crippen LogP contribution in [0.2, 0.25) is 0 Å². The van der Waals surface area contributed by atoms with E-state index in [1.807, 2.05) is 18.6 Å². The summed E-state index contributed by atoms with van der Waals surface area (Å²) in [6.07, 6.45) is 6.72. The molecule has 94 valence electrons. The van der Waals surface area contributed by atoms with E-state index in [1.165, 1.54) is 16.6 Å². The van der Waals surface area contributed by atoms with Crippen molar-refractivity contribution in [1.82, 2.24) is 9.97 Å². The molecule has 0 aliphatic carbocycles. The van der Waals surface area contributed by atoms with Crippen LogP contribution in [0.3, 0.4) is 0 Å². The van der Waals surface area contributed by atoms with Crippen molar-refractivity contribution in [3.63, 3.8) is 0 Å². The van der Waals surface area contributed by atoms with E-state index in [4.69, 9.17) is 4.74 Å². The molecule has 0 saturated carbocycles. The molecule has 0 spiro atoms. The molecule has 2 aromatic heterocycles. The van der Waals surface area contributed by atoms with E-state index in [-0.39, 0.29) is 0 Å². The number of hydrogen-bond acceptors (Lipinski definition) is 4. The van der Waals surface area contributed by atoms with Crippen LogP contribution in [0.1, 0.15) is 12.5 Å². The molecule has 18 heavy (non-hydrogen) atoms. The SMILES string of the molecule is CCc1cnc2cncc(N3CCOCC3)c2c1. The van der Waals surface area contributed by atoms with Crippen molar-refractivity contribution < 1.29 is 4.74 Å². The van der Waals surface area contributed by atoms with Gasteiger partial charge in [0, 0.05) is 24.7 Å². The minimum absolute atomic E-state index is 0.789. The predicted octanol–water partition coefficient (Wildman–Crippen LogP) is 2.03. The summed E-state index contributed by atoms with van der Waals surface area (Å²) in [4.78, 5) is 11.1. The highest BCUT2D eigenvalue weighted by Crippen LogP contribution is 2.26. The number of aromatic nitrogens is 2. The summed E-state index contributed by atoms with van der Waals surface area (Å²) in [5.41, 5.74) is 3.41. The molecule has 0 amide bonds. The van der Waals surface area contributed by atoms with Crippen molar-refractivity contribution in [2.75, 3.05) is 31.2 Å². The number of rotatable bonds is 2. The first-order valence-corrected chi connectivity index (χ1v) is 6.44. The molecule has 4 nitrogen and oxygen atoms in total. The standard InChI is InChI=1S/C14H17N3O/c1-2-11-7-12-13(16-8-11)9-15-10-14(12)17-3-5-18-6-4-17/h7-10H,2-6H2,1H3. The minimum Gasteiger partial charge on any atom is -0.378 e. The normalized spacial score (nSPS) is 16.2. The highest BCUT2D eigenvalue weighted by Gasteiger charge is 2.14. The van der Waals surface area contributed by atoms with Crippen molar-refractivity contribution in [2.45, 2.75) is 13.3 Å². The Morgan fingerprint density at radius 2 is 2.06 bits per heavy atom. The molecule has 3 heterocycles. The summed E-state index contributed by atoms with van der Waals surface area (Å²) >= 11 is 0. The Morgan fingerprint density at radius 1 is 1.22 bits per heavy atom. The Morgan fingerprint density at radius 3 is 2.83 bits per heavy atom. The molecule has 0 atom stereocenters. The molecule has 3 rings (SSSR count). The van der Waals surface area contributed by atoms with Crippen molar-refractivity contribution in [3.8, 4) is 0 Å². The van der Waals surface area contributed by atoms with Gasteiger partial charge in [0.25, 0.3) is 0 Å². The average Bonchev–Trinajstić information content (AvgIpc) is 2.47. The van der Waals surface area contributed by atoms with Crippen LogP contribution in [-0.2, 0) is 11.2 Å². The molecule has 0 aromatic carbocycles. The van der Waals surface area contributed by atoms with Crippen molar-refractivity contribution in [1.29, 1.82) is 0 Å². The Bertz CT molecular complexity index is 550. The van der Waals surface area contributed by atoms with E-state index in [2.05, 4.69) is 27.9 Å². The highest BCUT2D eigenvalue weighted by molar-refractivity contribution is 5.91. The zero-order chi connectivity index (χ0) is 12.4. The number of ether oxygens (including phenoxy) is 1. The topological polar surface area (TPSA) is 38.2 Å². The van der Waals surface area contributed by atoms with E-state index >= 15 is 0 Å². The Labute approximate surface area is 107 Å². The van der Waals surface area contributed by atoms with Crippen LogP contribution in [0, 0.1) is 0 Å². The summed E-state index contributed by atoms with van der Waals surface area (Å²) in [6, 6.07) is 2.23. The lowest BCUT2D eigenvalue weighted by atomic mass is 10.1. The fourth-order valence-corrected chi connectivity index (χ4v) is 2.32. The number of aryl methyl sites for hydroxylation is 1. The predicted molar refractivity (Wildman–Crippen MR) is 71.9 cm³/mol. The van der Waals surface area contributed by atoms with Gasteiger partial charge in [0.2, 0.25) is 0 Å². The molecule has 1 fully saturated rings. The molecule has 1 aliphatic heterocycles. The zero-order valence-corrected chi connectivity index (χ0v) is 10.6. The third-order valence-electron chi connectivity index (χ3n) is 3.40. The second-order valence-electron chi connectivity index (χ2n) is 4.52. The summed E-state index contributed by atoms with van der Waals surface area (Å²) in [5.74, 6) is 0. The average molecular weight is 243 g/mol. The fraction of sp³-hybridized carbons (Fsp3) is 0.429. The number of hydrogen-bond donors (Lipinski definition) is 0. The molecule has 1 saturated heterocycles. The van der Waals surface area contributed by atoms with E-state index in [1.54, 1.807) is 0 Å². The van der Waals surface area contributed by atoms with E-state index in [0.717, 1.165) is 38.2 Å². The van der Waals surface area contributed by atoms with Gasteiger partial charge >= 0.3 is 0 Å². The van der Waals surface area contributed by atoms with Gasteiger partial charge in [-0.05, 0) is 18.1 Å². The lowest BCUT2D eigenvalue weighted by Crippen LogP contribution is -2.36. The van der Waals surface area contributed by atoms with Crippen molar-refractivity contribution >= 4 is 16.6 Å². The molecule has 0 radical (unpaired) electrons. The molecular weight excluding hydrogens is 226 g/mol. The lowest BCUT2D eigenvalue weighted by molar-refractivity contribution is 0.123. The lowest BCUT2D eigenvalue weighted by Gasteiger charge is -2.29. The Hall–Kier alpha value is -1.68. The van der Waals surface area contributed by atoms with Gasteiger partial charge in [0.05, 0.1) is 36.8 Å². The first-order chi connectivity index (χ1) is 8.88. The maximum absolute atomic E-state index is 5.40. The van der Waals surface area contributed by atoms with Crippen LogP contribution in [0.15, 0.2) is 24.7 Å². The third-order valence-corrected chi connectivity index (χ3v) is 3.40. The van der Waals surface area contributed by atoms with Crippen LogP contribution in [0.25, 0.3) is 10.9 Å². The molecule has 0 unspecified atom stereocenters. The maximum atomic E-state index is 5.40. The number of fused-ring (bicyclic) bond motifs is 1. The second kappa shape index (κ2) is 4.90. The summed E-state index contributed by atoms with van der Waals surface area (Å²) in [5, 5.41) is 1.20. The monoisotopic (exact) mass is 243 g/mol. The van der Waals surface area contributed by atoms with Crippen molar-refractivity contribution in [2.24, 2.45) is 0 Å². The Balaban J connectivity index is 2.09. The zero-order valence-electron chi connectivity index (χ0n) is 10.6. The number of pyridine rings is 2. The molecule has 4 heteroatoms. The number of morpholine rings is 1. The van der Waals surface area contributed by atoms with E-state index in [0.29, 0.717) is 0 Å². The quantitative estimate of drug-likeness (QED) is 0.809. The van der Waals surface area contributed by atoms with Gasteiger partial charge in [0.15, 0.2) is 0 Å². The highest BCUT2D eigenvalue weighted by atomic mass is 16.5. The number of nitrogens with zero attached hydrogens (tertiary/aromatic N) is 3. The second-order valence-corrected chi connectivity index (χ2v) is 4.52. The first-order valence-electron chi connectivity index (χ1n) is 6.44. The van der Waals surface area contributed by atoms with Crippen LogP contribution < -0.4 is 4.90 Å². The number of anilines is 1. The molecule has 1 aliphatic rings. The minimum atomic E-state index is 0.789. The molecule has 0 bridgehead atoms. The van der Waals surface area contributed by atoms with Gasteiger partial charge in [0.1, 0.15) is 0 Å². The van der Waals surface area contributed by atoms with Gasteiger partial charge in [-0.25, -0.2) is 0 Å². The first kappa shape index (κ1) is 11.4. The largest absolute Gasteiger partial charge is 0.378 e. The maximum Gasteiger partial charge on any atom is 0.0906 e. The van der Waals surface area contributed by atoms with Gasteiger partial charge in [-0.3, -0.25) is 9.97 Å². The molecule has 2 aromatic rings. The van der Waals surface area contributed by atoms with Gasteiger partial charge < -0.3 is 9.64 Å². The third kappa shape index (κ3) is 2.04. The van der Waals surface area contributed by atoms with Gasteiger partial charge in [-0.1, -0.05) is 6.92 Å². The molecule has 0 N–H and O–H groups in total. The van der Waals surface area contributed by atoms with Crippen LogP contribution >= 0.6 is 0 Å². The van der Waals surface area contributed by atoms with E-state index < -0.39 is 0 Å². The van der Waals surface area contributed by atoms with Crippen LogP contribution in [-0.4, -0.2) is 36.3 Å². The smallest absolute Gasteiger partial charge is 0.0906 e. The summed E-state index contributed by atoms with van der Waals surface area (Å²) < 4.78 is 5.40. The summed E-state index contributed by atoms with van der Waals surface area (Å²) in [6.45, 7) is 5.58. The van der Waals surface area contributed by atoms with Gasteiger partial charge in [-0.15, -0.1) is 0 Å². The fourth-order valence-electron chi connectivity index (χ4n) is 2.32. The van der Waals surface area contributed by atoms with Crippen molar-refractivity contribution in [3.05, 3.63) is 30.2 Å². The molecular formula is C14H17N3O. The van der Waals surface area contributed by atoms with Crippen LogP contribution in [0.4, 0.5) is 5.69 Å². The van der Waals surface area contributed by atoms with E-state index in [9.17, 15) is 0 Å². The van der Waals surface area contributed by atoms with Crippen LogP contribution in [0.5, 0.6) is 0 Å².